The van der Waals surface area contributed by atoms with Gasteiger partial charge >= 0.3 is 0 Å². The SMILES string of the molecule is Cc1ccc(S(=O)(=O)NCC2CCCN(C(C)C(=O)Nc3cccc4ncccc34)C2)cc1. The summed E-state index contributed by atoms with van der Waals surface area (Å²) in [6.07, 6.45) is 3.58. The zero-order valence-corrected chi connectivity index (χ0v) is 19.8. The molecule has 8 heteroatoms. The number of aryl methyl sites for hydroxylation is 1. The molecule has 1 aliphatic heterocycles. The second kappa shape index (κ2) is 9.99. The third kappa shape index (κ3) is 5.58. The third-order valence-electron chi connectivity index (χ3n) is 6.27. The number of sulfonamides is 1. The van der Waals surface area contributed by atoms with E-state index in [0.29, 0.717) is 13.1 Å². The first kappa shape index (κ1) is 23.4. The van der Waals surface area contributed by atoms with Crippen molar-refractivity contribution in [1.82, 2.24) is 14.6 Å². The number of carbonyl (C=O) groups is 1. The van der Waals surface area contributed by atoms with Crippen LogP contribution in [0.15, 0.2) is 65.7 Å². The average Bonchev–Trinajstić information content (AvgIpc) is 2.83. The van der Waals surface area contributed by atoms with Gasteiger partial charge in [0.15, 0.2) is 0 Å². The van der Waals surface area contributed by atoms with Crippen LogP contribution in [0.4, 0.5) is 5.69 Å². The van der Waals surface area contributed by atoms with Gasteiger partial charge in [-0.05, 0) is 75.5 Å². The number of hydrogen-bond donors (Lipinski definition) is 2. The van der Waals surface area contributed by atoms with E-state index in [1.54, 1.807) is 30.5 Å². The molecule has 2 N–H and O–H groups in total. The minimum Gasteiger partial charge on any atom is -0.324 e. The smallest absolute Gasteiger partial charge is 0.241 e. The molecule has 2 aromatic carbocycles. The van der Waals surface area contributed by atoms with Crippen LogP contribution >= 0.6 is 0 Å². The van der Waals surface area contributed by atoms with Gasteiger partial charge < -0.3 is 5.32 Å². The number of benzene rings is 2. The average molecular weight is 467 g/mol. The Morgan fingerprint density at radius 1 is 1.15 bits per heavy atom. The Balaban J connectivity index is 1.36. The van der Waals surface area contributed by atoms with Crippen molar-refractivity contribution in [3.63, 3.8) is 0 Å². The monoisotopic (exact) mass is 466 g/mol. The van der Waals surface area contributed by atoms with E-state index >= 15 is 0 Å². The topological polar surface area (TPSA) is 91.4 Å². The summed E-state index contributed by atoms with van der Waals surface area (Å²) in [5, 5.41) is 3.95. The molecule has 1 amide bonds. The van der Waals surface area contributed by atoms with Crippen molar-refractivity contribution in [3.8, 4) is 0 Å². The van der Waals surface area contributed by atoms with Crippen LogP contribution < -0.4 is 10.0 Å². The van der Waals surface area contributed by atoms with Crippen LogP contribution in [0.25, 0.3) is 10.9 Å². The maximum absolute atomic E-state index is 13.0. The summed E-state index contributed by atoms with van der Waals surface area (Å²) < 4.78 is 28.0. The molecule has 0 spiro atoms. The highest BCUT2D eigenvalue weighted by Gasteiger charge is 2.28. The Morgan fingerprint density at radius 2 is 1.94 bits per heavy atom. The predicted molar refractivity (Wildman–Crippen MR) is 130 cm³/mol. The third-order valence-corrected chi connectivity index (χ3v) is 7.71. The van der Waals surface area contributed by atoms with Crippen LogP contribution in [0.2, 0.25) is 0 Å². The molecule has 1 aromatic heterocycles. The summed E-state index contributed by atoms with van der Waals surface area (Å²) in [4.78, 5) is 19.8. The van der Waals surface area contributed by atoms with Crippen LogP contribution in [0, 0.1) is 12.8 Å². The summed E-state index contributed by atoms with van der Waals surface area (Å²) in [5.41, 5.74) is 2.60. The van der Waals surface area contributed by atoms with Gasteiger partial charge in [0.1, 0.15) is 0 Å². The molecule has 0 aliphatic carbocycles. The minimum atomic E-state index is -3.55. The molecule has 0 radical (unpaired) electrons. The normalized spacial score (nSPS) is 18.2. The summed E-state index contributed by atoms with van der Waals surface area (Å²) >= 11 is 0. The fourth-order valence-electron chi connectivity index (χ4n) is 4.26. The van der Waals surface area contributed by atoms with Crippen LogP contribution in [-0.4, -0.2) is 49.9 Å². The van der Waals surface area contributed by atoms with E-state index in [0.717, 1.165) is 41.5 Å². The first-order valence-electron chi connectivity index (χ1n) is 11.3. The van der Waals surface area contributed by atoms with E-state index in [2.05, 4.69) is 19.9 Å². The number of carbonyl (C=O) groups excluding carboxylic acids is 1. The maximum Gasteiger partial charge on any atom is 0.241 e. The van der Waals surface area contributed by atoms with E-state index in [-0.39, 0.29) is 22.8 Å². The first-order chi connectivity index (χ1) is 15.8. The van der Waals surface area contributed by atoms with Crippen molar-refractivity contribution >= 4 is 32.5 Å². The van der Waals surface area contributed by atoms with E-state index in [1.807, 2.05) is 44.2 Å². The molecule has 0 saturated carbocycles. The molecule has 0 bridgehead atoms. The zero-order valence-electron chi connectivity index (χ0n) is 19.0. The van der Waals surface area contributed by atoms with Crippen molar-refractivity contribution in [2.24, 2.45) is 5.92 Å². The van der Waals surface area contributed by atoms with Gasteiger partial charge in [0.25, 0.3) is 0 Å². The lowest BCUT2D eigenvalue weighted by atomic mass is 9.97. The Morgan fingerprint density at radius 3 is 2.73 bits per heavy atom. The van der Waals surface area contributed by atoms with Gasteiger partial charge in [-0.3, -0.25) is 14.7 Å². The lowest BCUT2D eigenvalue weighted by Crippen LogP contribution is -2.49. The number of pyridine rings is 1. The second-order valence-electron chi connectivity index (χ2n) is 8.71. The molecule has 174 valence electrons. The van der Waals surface area contributed by atoms with Gasteiger partial charge in [-0.2, -0.15) is 0 Å². The summed E-state index contributed by atoms with van der Waals surface area (Å²) in [5.74, 6) is 0.0724. The number of nitrogens with zero attached hydrogens (tertiary/aromatic N) is 2. The Labute approximate surface area is 195 Å². The van der Waals surface area contributed by atoms with Crippen molar-refractivity contribution in [2.75, 3.05) is 25.0 Å². The second-order valence-corrected chi connectivity index (χ2v) is 10.5. The molecule has 7 nitrogen and oxygen atoms in total. The predicted octanol–water partition coefficient (Wildman–Crippen LogP) is 3.56. The van der Waals surface area contributed by atoms with Crippen molar-refractivity contribution in [1.29, 1.82) is 0 Å². The highest BCUT2D eigenvalue weighted by atomic mass is 32.2. The number of fused-ring (bicyclic) bond motifs is 1. The van der Waals surface area contributed by atoms with Gasteiger partial charge in [-0.1, -0.05) is 23.8 Å². The van der Waals surface area contributed by atoms with Gasteiger partial charge in [0.05, 0.1) is 22.1 Å². The van der Waals surface area contributed by atoms with Gasteiger partial charge in [0.2, 0.25) is 15.9 Å². The molecule has 1 saturated heterocycles. The summed E-state index contributed by atoms with van der Waals surface area (Å²) in [7, 11) is -3.55. The highest BCUT2D eigenvalue weighted by Crippen LogP contribution is 2.23. The van der Waals surface area contributed by atoms with Crippen molar-refractivity contribution < 1.29 is 13.2 Å². The van der Waals surface area contributed by atoms with Gasteiger partial charge in [0, 0.05) is 24.7 Å². The summed E-state index contributed by atoms with van der Waals surface area (Å²) in [6, 6.07) is 16.0. The summed E-state index contributed by atoms with van der Waals surface area (Å²) in [6.45, 7) is 5.66. The molecule has 1 fully saturated rings. The maximum atomic E-state index is 13.0. The molecular formula is C25H30N4O3S. The molecule has 2 atom stereocenters. The molecule has 3 aromatic rings. The molecule has 2 unspecified atom stereocenters. The number of aromatic nitrogens is 1. The fourth-order valence-corrected chi connectivity index (χ4v) is 5.38. The van der Waals surface area contributed by atoms with Gasteiger partial charge in [-0.15, -0.1) is 0 Å². The Hall–Kier alpha value is -2.81. The standard InChI is InChI=1S/C25H30N4O3S/c1-18-10-12-21(13-11-18)33(31,32)27-16-20-6-5-15-29(17-20)19(2)25(30)28-24-9-3-8-23-22(24)7-4-14-26-23/h3-4,7-14,19-20,27H,5-6,15-17H2,1-2H3,(H,28,30). The number of rotatable bonds is 7. The Kier molecular flexibility index (Phi) is 7.07. The van der Waals surface area contributed by atoms with Crippen molar-refractivity contribution in [2.45, 2.75) is 37.6 Å². The fraction of sp³-hybridized carbons (Fsp3) is 0.360. The van der Waals surface area contributed by atoms with E-state index in [9.17, 15) is 13.2 Å². The van der Waals surface area contributed by atoms with E-state index in [4.69, 9.17) is 0 Å². The molecule has 33 heavy (non-hydrogen) atoms. The van der Waals surface area contributed by atoms with E-state index in [1.165, 1.54) is 0 Å². The zero-order chi connectivity index (χ0) is 23.4. The number of nitrogens with one attached hydrogen (secondary N) is 2. The lowest BCUT2D eigenvalue weighted by Gasteiger charge is -2.36. The molecule has 2 heterocycles. The number of piperidine rings is 1. The number of amides is 1. The minimum absolute atomic E-state index is 0.0766. The highest BCUT2D eigenvalue weighted by molar-refractivity contribution is 7.89. The van der Waals surface area contributed by atoms with E-state index < -0.39 is 10.0 Å². The molecule has 4 rings (SSSR count). The van der Waals surface area contributed by atoms with Crippen LogP contribution in [-0.2, 0) is 14.8 Å². The Bertz CT molecular complexity index is 1220. The number of hydrogen-bond acceptors (Lipinski definition) is 5. The van der Waals surface area contributed by atoms with Crippen molar-refractivity contribution in [3.05, 3.63) is 66.4 Å². The first-order valence-corrected chi connectivity index (χ1v) is 12.8. The number of anilines is 1. The largest absolute Gasteiger partial charge is 0.324 e. The quantitative estimate of drug-likeness (QED) is 0.556. The van der Waals surface area contributed by atoms with Crippen LogP contribution in [0.3, 0.4) is 0 Å². The molecular weight excluding hydrogens is 436 g/mol. The lowest BCUT2D eigenvalue weighted by molar-refractivity contribution is -0.121. The van der Waals surface area contributed by atoms with Gasteiger partial charge in [-0.25, -0.2) is 13.1 Å². The van der Waals surface area contributed by atoms with Crippen LogP contribution in [0.1, 0.15) is 25.3 Å². The molecule has 1 aliphatic rings. The van der Waals surface area contributed by atoms with Crippen LogP contribution in [0.5, 0.6) is 0 Å². The number of likely N-dealkylation sites (tertiary alicyclic amines) is 1.